The number of rotatable bonds is 3. The highest BCUT2D eigenvalue weighted by atomic mass is 32.2. The Morgan fingerprint density at radius 3 is 3.00 bits per heavy atom. The van der Waals surface area contributed by atoms with Crippen molar-refractivity contribution in [2.24, 2.45) is 5.84 Å². The molecule has 18 heavy (non-hydrogen) atoms. The second-order valence-corrected chi connectivity index (χ2v) is 5.29. The number of aromatic nitrogens is 2. The van der Waals surface area contributed by atoms with E-state index in [1.807, 2.05) is 11.8 Å². The normalized spacial score (nSPS) is 19.5. The standard InChI is InChI=1S/C13H14N4S/c14-17-13(11-7-15-5-6-16-11)10-8-18-12-4-2-1-3-9(10)12/h1-7,10,13,17H,8,14H2. The average Bonchev–Trinajstić information content (AvgIpc) is 2.85. The fourth-order valence-electron chi connectivity index (χ4n) is 2.34. The Morgan fingerprint density at radius 1 is 1.33 bits per heavy atom. The summed E-state index contributed by atoms with van der Waals surface area (Å²) in [4.78, 5) is 9.81. The molecular formula is C13H14N4S. The minimum Gasteiger partial charge on any atom is -0.271 e. The van der Waals surface area contributed by atoms with Gasteiger partial charge in [-0.05, 0) is 11.6 Å². The quantitative estimate of drug-likeness (QED) is 0.650. The molecule has 1 aromatic heterocycles. The van der Waals surface area contributed by atoms with Gasteiger partial charge in [-0.15, -0.1) is 11.8 Å². The predicted molar refractivity (Wildman–Crippen MR) is 72.0 cm³/mol. The molecule has 2 heterocycles. The van der Waals surface area contributed by atoms with Crippen molar-refractivity contribution < 1.29 is 0 Å². The number of nitrogens with zero attached hydrogens (tertiary/aromatic N) is 2. The molecule has 4 nitrogen and oxygen atoms in total. The predicted octanol–water partition coefficient (Wildman–Crippen LogP) is 1.87. The monoisotopic (exact) mass is 258 g/mol. The molecule has 0 fully saturated rings. The van der Waals surface area contributed by atoms with Crippen LogP contribution < -0.4 is 11.3 Å². The van der Waals surface area contributed by atoms with Crippen LogP contribution in [-0.4, -0.2) is 15.7 Å². The Labute approximate surface area is 110 Å². The molecule has 0 saturated heterocycles. The van der Waals surface area contributed by atoms with Crippen LogP contribution in [0.5, 0.6) is 0 Å². The lowest BCUT2D eigenvalue weighted by Crippen LogP contribution is -2.33. The second kappa shape index (κ2) is 5.06. The van der Waals surface area contributed by atoms with Crippen LogP contribution in [0.4, 0.5) is 0 Å². The van der Waals surface area contributed by atoms with Crippen molar-refractivity contribution in [1.82, 2.24) is 15.4 Å². The van der Waals surface area contributed by atoms with Crippen molar-refractivity contribution in [3.8, 4) is 0 Å². The van der Waals surface area contributed by atoms with Crippen LogP contribution in [-0.2, 0) is 0 Å². The van der Waals surface area contributed by atoms with Gasteiger partial charge in [0.05, 0.1) is 17.9 Å². The molecule has 0 saturated carbocycles. The van der Waals surface area contributed by atoms with Gasteiger partial charge in [-0.3, -0.25) is 21.2 Å². The molecule has 3 N–H and O–H groups in total. The number of benzene rings is 1. The van der Waals surface area contributed by atoms with Crippen molar-refractivity contribution in [3.05, 3.63) is 54.1 Å². The lowest BCUT2D eigenvalue weighted by Gasteiger charge is -2.22. The fourth-order valence-corrected chi connectivity index (χ4v) is 3.63. The van der Waals surface area contributed by atoms with E-state index in [9.17, 15) is 0 Å². The van der Waals surface area contributed by atoms with Gasteiger partial charge in [0.1, 0.15) is 0 Å². The second-order valence-electron chi connectivity index (χ2n) is 4.23. The molecule has 5 heteroatoms. The number of fused-ring (bicyclic) bond motifs is 1. The number of nitrogens with two attached hydrogens (primary N) is 1. The van der Waals surface area contributed by atoms with Crippen LogP contribution in [0.1, 0.15) is 23.2 Å². The van der Waals surface area contributed by atoms with E-state index in [0.717, 1.165) is 11.4 Å². The fraction of sp³-hybridized carbons (Fsp3) is 0.231. The molecule has 92 valence electrons. The number of hydrazine groups is 1. The van der Waals surface area contributed by atoms with Crippen molar-refractivity contribution in [2.75, 3.05) is 5.75 Å². The highest BCUT2D eigenvalue weighted by Gasteiger charge is 2.31. The van der Waals surface area contributed by atoms with Gasteiger partial charge in [-0.1, -0.05) is 18.2 Å². The minimum atomic E-state index is 0.00912. The van der Waals surface area contributed by atoms with Crippen LogP contribution >= 0.6 is 11.8 Å². The molecule has 0 amide bonds. The summed E-state index contributed by atoms with van der Waals surface area (Å²) in [6.45, 7) is 0. The molecule has 0 spiro atoms. The maximum atomic E-state index is 5.71. The van der Waals surface area contributed by atoms with E-state index in [1.54, 1.807) is 18.6 Å². The Hall–Kier alpha value is -1.43. The summed E-state index contributed by atoms with van der Waals surface area (Å²) in [5.41, 5.74) is 5.12. The molecular weight excluding hydrogens is 244 g/mol. The molecule has 0 aliphatic carbocycles. The highest BCUT2D eigenvalue weighted by molar-refractivity contribution is 7.99. The van der Waals surface area contributed by atoms with Crippen LogP contribution in [0.25, 0.3) is 0 Å². The van der Waals surface area contributed by atoms with E-state index in [-0.39, 0.29) is 6.04 Å². The molecule has 2 aromatic rings. The summed E-state index contributed by atoms with van der Waals surface area (Å²) in [6.07, 6.45) is 5.15. The third kappa shape index (κ3) is 2.01. The maximum Gasteiger partial charge on any atom is 0.0776 e. The highest BCUT2D eigenvalue weighted by Crippen LogP contribution is 2.44. The van der Waals surface area contributed by atoms with Gasteiger partial charge in [-0.25, -0.2) is 0 Å². The number of thioether (sulfide) groups is 1. The lowest BCUT2D eigenvalue weighted by atomic mass is 9.92. The summed E-state index contributed by atoms with van der Waals surface area (Å²) in [6, 6.07) is 8.48. The van der Waals surface area contributed by atoms with E-state index < -0.39 is 0 Å². The van der Waals surface area contributed by atoms with Crippen molar-refractivity contribution >= 4 is 11.8 Å². The van der Waals surface area contributed by atoms with E-state index in [4.69, 9.17) is 5.84 Å². The van der Waals surface area contributed by atoms with Crippen LogP contribution in [0.15, 0.2) is 47.8 Å². The SMILES string of the molecule is NNC(c1cnccn1)C1CSc2ccccc21. The largest absolute Gasteiger partial charge is 0.271 e. The molecule has 0 bridgehead atoms. The third-order valence-electron chi connectivity index (χ3n) is 3.22. The van der Waals surface area contributed by atoms with Gasteiger partial charge in [0.25, 0.3) is 0 Å². The molecule has 3 rings (SSSR count). The molecule has 2 atom stereocenters. The number of hydrogen-bond donors (Lipinski definition) is 2. The topological polar surface area (TPSA) is 63.8 Å². The molecule has 1 aliphatic rings. The first-order valence-corrected chi connectivity index (χ1v) is 6.82. The first-order chi connectivity index (χ1) is 8.90. The van der Waals surface area contributed by atoms with Crippen LogP contribution in [0, 0.1) is 0 Å². The Bertz CT molecular complexity index is 532. The lowest BCUT2D eigenvalue weighted by molar-refractivity contribution is 0.473. The van der Waals surface area contributed by atoms with E-state index in [1.165, 1.54) is 10.5 Å². The molecule has 1 aromatic carbocycles. The van der Waals surface area contributed by atoms with Crippen LogP contribution in [0.3, 0.4) is 0 Å². The van der Waals surface area contributed by atoms with Gasteiger partial charge in [-0.2, -0.15) is 0 Å². The maximum absolute atomic E-state index is 5.71. The van der Waals surface area contributed by atoms with Gasteiger partial charge >= 0.3 is 0 Å². The van der Waals surface area contributed by atoms with Crippen LogP contribution in [0.2, 0.25) is 0 Å². The van der Waals surface area contributed by atoms with Gasteiger partial charge < -0.3 is 0 Å². The zero-order chi connectivity index (χ0) is 12.4. The van der Waals surface area contributed by atoms with Gasteiger partial charge in [0, 0.05) is 29.0 Å². The summed E-state index contributed by atoms with van der Waals surface area (Å²) in [7, 11) is 0. The molecule has 0 radical (unpaired) electrons. The van der Waals surface area contributed by atoms with E-state index in [2.05, 4.69) is 39.7 Å². The Balaban J connectivity index is 1.95. The van der Waals surface area contributed by atoms with E-state index >= 15 is 0 Å². The summed E-state index contributed by atoms with van der Waals surface area (Å²) >= 11 is 1.87. The average molecular weight is 258 g/mol. The molecule has 2 unspecified atom stereocenters. The van der Waals surface area contributed by atoms with Crippen molar-refractivity contribution in [1.29, 1.82) is 0 Å². The van der Waals surface area contributed by atoms with Gasteiger partial charge in [0.15, 0.2) is 0 Å². The number of nitrogens with one attached hydrogen (secondary N) is 1. The minimum absolute atomic E-state index is 0.00912. The first-order valence-electron chi connectivity index (χ1n) is 5.84. The Kier molecular flexibility index (Phi) is 3.27. The summed E-state index contributed by atoms with van der Waals surface area (Å²) in [5.74, 6) is 7.07. The van der Waals surface area contributed by atoms with Crippen molar-refractivity contribution in [3.63, 3.8) is 0 Å². The zero-order valence-electron chi connectivity index (χ0n) is 9.78. The summed E-state index contributed by atoms with van der Waals surface area (Å²) in [5, 5.41) is 0. The number of hydrogen-bond acceptors (Lipinski definition) is 5. The smallest absolute Gasteiger partial charge is 0.0776 e. The van der Waals surface area contributed by atoms with Crippen molar-refractivity contribution in [2.45, 2.75) is 16.9 Å². The van der Waals surface area contributed by atoms with E-state index in [0.29, 0.717) is 5.92 Å². The molecule has 1 aliphatic heterocycles. The third-order valence-corrected chi connectivity index (χ3v) is 4.43. The summed E-state index contributed by atoms with van der Waals surface area (Å²) < 4.78 is 0. The van der Waals surface area contributed by atoms with Gasteiger partial charge in [0.2, 0.25) is 0 Å². The first kappa shape index (κ1) is 11.6. The zero-order valence-corrected chi connectivity index (χ0v) is 10.6. The Morgan fingerprint density at radius 2 is 2.22 bits per heavy atom.